The summed E-state index contributed by atoms with van der Waals surface area (Å²) < 4.78 is 41.3. The number of nitrogens with zero attached hydrogens (tertiary/aromatic N) is 2. The molecule has 0 saturated carbocycles. The molecular formula is C25H26ClFN2O3S2. The van der Waals surface area contributed by atoms with Crippen LogP contribution in [-0.2, 0) is 21.2 Å². The van der Waals surface area contributed by atoms with Crippen LogP contribution in [0.1, 0.15) is 35.9 Å². The van der Waals surface area contributed by atoms with Gasteiger partial charge in [0, 0.05) is 23.0 Å². The van der Waals surface area contributed by atoms with Gasteiger partial charge in [0.1, 0.15) is 5.82 Å². The summed E-state index contributed by atoms with van der Waals surface area (Å²) in [6.07, 6.45) is 0.720. The van der Waals surface area contributed by atoms with Crippen molar-refractivity contribution in [2.24, 2.45) is 5.92 Å². The maximum Gasteiger partial charge on any atom is 0.243 e. The molecule has 0 bridgehead atoms. The molecule has 0 fully saturated rings. The molecule has 0 aliphatic carbocycles. The van der Waals surface area contributed by atoms with Crippen molar-refractivity contribution in [1.29, 1.82) is 0 Å². The van der Waals surface area contributed by atoms with E-state index in [9.17, 15) is 17.6 Å². The number of thiophene rings is 1. The fourth-order valence-electron chi connectivity index (χ4n) is 4.24. The molecule has 1 unspecified atom stereocenters. The van der Waals surface area contributed by atoms with Crippen molar-refractivity contribution >= 4 is 38.9 Å². The summed E-state index contributed by atoms with van der Waals surface area (Å²) in [5.41, 5.74) is 1.98. The van der Waals surface area contributed by atoms with Gasteiger partial charge >= 0.3 is 0 Å². The van der Waals surface area contributed by atoms with Gasteiger partial charge in [-0.05, 0) is 71.3 Å². The molecule has 0 radical (unpaired) electrons. The second-order valence-electron chi connectivity index (χ2n) is 8.74. The van der Waals surface area contributed by atoms with Gasteiger partial charge < -0.3 is 4.90 Å². The Labute approximate surface area is 208 Å². The zero-order chi connectivity index (χ0) is 24.5. The molecule has 180 valence electrons. The number of benzene rings is 2. The summed E-state index contributed by atoms with van der Waals surface area (Å²) in [6, 6.07) is 13.8. The lowest BCUT2D eigenvalue weighted by Gasteiger charge is -2.37. The van der Waals surface area contributed by atoms with Gasteiger partial charge in [-0.1, -0.05) is 37.6 Å². The van der Waals surface area contributed by atoms with Gasteiger partial charge in [0.25, 0.3) is 0 Å². The Balaban J connectivity index is 1.66. The summed E-state index contributed by atoms with van der Waals surface area (Å²) in [4.78, 5) is 16.6. The molecule has 9 heteroatoms. The molecule has 1 aliphatic rings. The smallest absolute Gasteiger partial charge is 0.243 e. The lowest BCUT2D eigenvalue weighted by molar-refractivity contribution is -0.133. The Morgan fingerprint density at radius 3 is 2.47 bits per heavy atom. The Morgan fingerprint density at radius 1 is 1.15 bits per heavy atom. The van der Waals surface area contributed by atoms with Crippen molar-refractivity contribution in [3.63, 3.8) is 0 Å². The van der Waals surface area contributed by atoms with Crippen LogP contribution in [0.25, 0.3) is 0 Å². The highest BCUT2D eigenvalue weighted by molar-refractivity contribution is 7.89. The van der Waals surface area contributed by atoms with E-state index in [2.05, 4.69) is 0 Å². The maximum atomic E-state index is 13.6. The van der Waals surface area contributed by atoms with Crippen LogP contribution >= 0.6 is 22.9 Å². The molecule has 3 aromatic rings. The molecule has 1 aromatic heterocycles. The number of fused-ring (bicyclic) bond motifs is 1. The first-order chi connectivity index (χ1) is 16.2. The van der Waals surface area contributed by atoms with Crippen molar-refractivity contribution in [2.75, 3.05) is 19.6 Å². The number of carbonyl (C=O) groups is 1. The van der Waals surface area contributed by atoms with Crippen molar-refractivity contribution in [1.82, 2.24) is 9.21 Å². The topological polar surface area (TPSA) is 57.7 Å². The molecule has 1 amide bonds. The number of halogens is 2. The zero-order valence-corrected chi connectivity index (χ0v) is 21.3. The Bertz CT molecular complexity index is 1260. The lowest BCUT2D eigenvalue weighted by Crippen LogP contribution is -2.47. The van der Waals surface area contributed by atoms with Crippen molar-refractivity contribution in [3.05, 3.63) is 86.8 Å². The molecule has 0 N–H and O–H groups in total. The fourth-order valence-corrected chi connectivity index (χ4v) is 6.82. The van der Waals surface area contributed by atoms with Gasteiger partial charge in [0.15, 0.2) is 0 Å². The van der Waals surface area contributed by atoms with Crippen LogP contribution in [-0.4, -0.2) is 43.2 Å². The Morgan fingerprint density at radius 2 is 1.82 bits per heavy atom. The van der Waals surface area contributed by atoms with Crippen molar-refractivity contribution in [3.8, 4) is 0 Å². The molecule has 34 heavy (non-hydrogen) atoms. The van der Waals surface area contributed by atoms with E-state index in [0.29, 0.717) is 11.6 Å². The second kappa shape index (κ2) is 10.2. The summed E-state index contributed by atoms with van der Waals surface area (Å²) in [5, 5.41) is 2.63. The van der Waals surface area contributed by atoms with E-state index in [-0.39, 0.29) is 35.9 Å². The molecule has 0 spiro atoms. The number of rotatable bonds is 7. The van der Waals surface area contributed by atoms with E-state index in [1.165, 1.54) is 21.3 Å². The largest absolute Gasteiger partial charge is 0.330 e. The first kappa shape index (κ1) is 24.9. The standard InChI is InChI=1S/C25H26ClFN2O3S2/c1-17(2)15-28(34(31,32)21-9-7-20(27)8-10-21)16-24(30)29-13-11-23-22(12-14-33-23)25(29)18-3-5-19(26)6-4-18/h3-10,12,14,17,25H,11,13,15-16H2,1-2H3. The number of carbonyl (C=O) groups excluding carboxylic acids is 1. The number of sulfonamides is 1. The van der Waals surface area contributed by atoms with Crippen LogP contribution in [0, 0.1) is 11.7 Å². The van der Waals surface area contributed by atoms with Gasteiger partial charge in [-0.25, -0.2) is 12.8 Å². The highest BCUT2D eigenvalue weighted by Gasteiger charge is 2.35. The summed E-state index contributed by atoms with van der Waals surface area (Å²) in [7, 11) is -3.98. The summed E-state index contributed by atoms with van der Waals surface area (Å²) >= 11 is 7.75. The summed E-state index contributed by atoms with van der Waals surface area (Å²) in [5.74, 6) is -0.792. The van der Waals surface area contributed by atoms with Crippen LogP contribution in [0.2, 0.25) is 5.02 Å². The average molecular weight is 521 g/mol. The molecule has 5 nitrogen and oxygen atoms in total. The quantitative estimate of drug-likeness (QED) is 0.421. The first-order valence-electron chi connectivity index (χ1n) is 11.0. The molecule has 4 rings (SSSR count). The van der Waals surface area contributed by atoms with E-state index in [4.69, 9.17) is 11.6 Å². The van der Waals surface area contributed by atoms with E-state index in [1.54, 1.807) is 28.4 Å². The number of hydrogen-bond donors (Lipinski definition) is 0. The van der Waals surface area contributed by atoms with Gasteiger partial charge in [0.2, 0.25) is 15.9 Å². The minimum absolute atomic E-state index is 0.0000762. The zero-order valence-electron chi connectivity index (χ0n) is 18.9. The van der Waals surface area contributed by atoms with E-state index in [0.717, 1.165) is 29.7 Å². The predicted molar refractivity (Wildman–Crippen MR) is 133 cm³/mol. The molecule has 2 aromatic carbocycles. The second-order valence-corrected chi connectivity index (χ2v) is 12.1. The van der Waals surface area contributed by atoms with Crippen LogP contribution in [0.4, 0.5) is 4.39 Å². The molecular weight excluding hydrogens is 495 g/mol. The highest BCUT2D eigenvalue weighted by Crippen LogP contribution is 2.38. The third-order valence-corrected chi connectivity index (χ3v) is 8.88. The normalized spacial score (nSPS) is 16.2. The van der Waals surface area contributed by atoms with Gasteiger partial charge in [-0.15, -0.1) is 11.3 Å². The lowest BCUT2D eigenvalue weighted by atomic mass is 9.93. The van der Waals surface area contributed by atoms with Gasteiger partial charge in [-0.2, -0.15) is 4.31 Å². The molecule has 2 heterocycles. The van der Waals surface area contributed by atoms with Crippen molar-refractivity contribution in [2.45, 2.75) is 31.2 Å². The van der Waals surface area contributed by atoms with Gasteiger partial charge in [0.05, 0.1) is 17.5 Å². The Kier molecular flexibility index (Phi) is 7.42. The van der Waals surface area contributed by atoms with Crippen LogP contribution in [0.5, 0.6) is 0 Å². The van der Waals surface area contributed by atoms with Gasteiger partial charge in [-0.3, -0.25) is 4.79 Å². The average Bonchev–Trinajstić information content (AvgIpc) is 3.27. The van der Waals surface area contributed by atoms with Crippen LogP contribution in [0.3, 0.4) is 0 Å². The van der Waals surface area contributed by atoms with Crippen LogP contribution in [0.15, 0.2) is 64.9 Å². The SMILES string of the molecule is CC(C)CN(CC(=O)N1CCc2sccc2C1c1ccc(Cl)cc1)S(=O)(=O)c1ccc(F)cc1. The third kappa shape index (κ3) is 5.20. The monoisotopic (exact) mass is 520 g/mol. The number of hydrogen-bond acceptors (Lipinski definition) is 4. The minimum Gasteiger partial charge on any atom is -0.330 e. The molecule has 1 atom stereocenters. The minimum atomic E-state index is -3.98. The predicted octanol–water partition coefficient (Wildman–Crippen LogP) is 5.36. The van der Waals surface area contributed by atoms with Crippen LogP contribution < -0.4 is 0 Å². The molecule has 1 aliphatic heterocycles. The fraction of sp³-hybridized carbons (Fsp3) is 0.320. The highest BCUT2D eigenvalue weighted by atomic mass is 35.5. The summed E-state index contributed by atoms with van der Waals surface area (Å²) in [6.45, 7) is 4.17. The Hall–Kier alpha value is -2.26. The van der Waals surface area contributed by atoms with Crippen molar-refractivity contribution < 1.29 is 17.6 Å². The first-order valence-corrected chi connectivity index (χ1v) is 13.7. The van der Waals surface area contributed by atoms with E-state index >= 15 is 0 Å². The number of amides is 1. The third-order valence-electron chi connectivity index (χ3n) is 5.80. The molecule has 0 saturated heterocycles. The van der Waals surface area contributed by atoms with E-state index in [1.807, 2.05) is 37.4 Å². The van der Waals surface area contributed by atoms with E-state index < -0.39 is 15.8 Å². The maximum absolute atomic E-state index is 13.6.